The van der Waals surface area contributed by atoms with Gasteiger partial charge in [0.15, 0.2) is 5.82 Å². The van der Waals surface area contributed by atoms with E-state index in [1.54, 1.807) is 6.19 Å². The SMILES string of the molecule is N#CN=C(NCCCCCC1CCN(C(=O)C2CCCN2)C1)Nc1ccncc1F. The van der Waals surface area contributed by atoms with E-state index in [4.69, 9.17) is 5.26 Å². The molecule has 3 heterocycles. The third kappa shape index (κ3) is 6.39. The quantitative estimate of drug-likeness (QED) is 0.260. The monoisotopic (exact) mass is 415 g/mol. The number of carbonyl (C=O) groups excluding carboxylic acids is 1. The summed E-state index contributed by atoms with van der Waals surface area (Å²) in [5.41, 5.74) is 0.222. The molecule has 3 N–H and O–H groups in total. The van der Waals surface area contributed by atoms with E-state index in [1.165, 1.54) is 12.3 Å². The fourth-order valence-corrected chi connectivity index (χ4v) is 4.09. The van der Waals surface area contributed by atoms with Gasteiger partial charge in [0.2, 0.25) is 18.1 Å². The molecule has 0 spiro atoms. The number of aromatic nitrogens is 1. The molecule has 162 valence electrons. The summed E-state index contributed by atoms with van der Waals surface area (Å²) < 4.78 is 13.7. The van der Waals surface area contributed by atoms with Crippen molar-refractivity contribution in [3.05, 3.63) is 24.3 Å². The van der Waals surface area contributed by atoms with Gasteiger partial charge in [0.25, 0.3) is 0 Å². The largest absolute Gasteiger partial charge is 0.355 e. The summed E-state index contributed by atoms with van der Waals surface area (Å²) in [5.74, 6) is 0.600. The number of anilines is 1. The lowest BCUT2D eigenvalue weighted by molar-refractivity contribution is -0.132. The number of hydrogen-bond donors (Lipinski definition) is 3. The van der Waals surface area contributed by atoms with Crippen molar-refractivity contribution in [2.45, 2.75) is 51.0 Å². The number of guanidine groups is 1. The minimum absolute atomic E-state index is 0.0355. The van der Waals surface area contributed by atoms with Crippen LogP contribution in [0.4, 0.5) is 10.1 Å². The molecule has 2 saturated heterocycles. The standard InChI is InChI=1S/C21H30FN7O/c22-17-13-24-11-7-18(17)28-21(27-15-23)26-9-3-1-2-5-16-8-12-29(14-16)20(30)19-6-4-10-25-19/h7,11,13,16,19,25H,1-6,8-10,12,14H2,(H2,24,26,27,28). The molecule has 8 nitrogen and oxygen atoms in total. The minimum Gasteiger partial charge on any atom is -0.355 e. The molecule has 3 rings (SSSR count). The first kappa shape index (κ1) is 22.0. The Kier molecular flexibility index (Phi) is 8.39. The van der Waals surface area contributed by atoms with Gasteiger partial charge >= 0.3 is 0 Å². The molecule has 0 bridgehead atoms. The number of rotatable bonds is 8. The van der Waals surface area contributed by atoms with Crippen LogP contribution in [0.25, 0.3) is 0 Å². The van der Waals surface area contributed by atoms with Crippen molar-refractivity contribution in [2.75, 3.05) is 31.5 Å². The van der Waals surface area contributed by atoms with Crippen molar-refractivity contribution in [1.29, 1.82) is 5.26 Å². The van der Waals surface area contributed by atoms with Crippen molar-refractivity contribution in [2.24, 2.45) is 10.9 Å². The molecular weight excluding hydrogens is 385 g/mol. The first-order chi connectivity index (χ1) is 14.7. The zero-order chi connectivity index (χ0) is 21.2. The van der Waals surface area contributed by atoms with Gasteiger partial charge in [0, 0.05) is 25.8 Å². The van der Waals surface area contributed by atoms with E-state index in [0.29, 0.717) is 12.5 Å². The van der Waals surface area contributed by atoms with Crippen molar-refractivity contribution >= 4 is 17.6 Å². The summed E-state index contributed by atoms with van der Waals surface area (Å²) in [6.45, 7) is 3.36. The van der Waals surface area contributed by atoms with E-state index < -0.39 is 5.82 Å². The number of likely N-dealkylation sites (tertiary alicyclic amines) is 1. The van der Waals surface area contributed by atoms with Crippen LogP contribution in [0.1, 0.15) is 44.9 Å². The van der Waals surface area contributed by atoms with Crippen molar-refractivity contribution in [1.82, 2.24) is 20.5 Å². The van der Waals surface area contributed by atoms with Crippen molar-refractivity contribution in [3.63, 3.8) is 0 Å². The smallest absolute Gasteiger partial charge is 0.239 e. The predicted molar refractivity (Wildman–Crippen MR) is 113 cm³/mol. The number of nitriles is 1. The maximum Gasteiger partial charge on any atom is 0.239 e. The fourth-order valence-electron chi connectivity index (χ4n) is 4.09. The van der Waals surface area contributed by atoms with E-state index >= 15 is 0 Å². The van der Waals surface area contributed by atoms with Crippen LogP contribution >= 0.6 is 0 Å². The highest BCUT2D eigenvalue weighted by molar-refractivity contribution is 5.94. The van der Waals surface area contributed by atoms with Gasteiger partial charge in [0.05, 0.1) is 17.9 Å². The summed E-state index contributed by atoms with van der Waals surface area (Å²) in [4.78, 5) is 21.9. The van der Waals surface area contributed by atoms with Crippen LogP contribution in [0, 0.1) is 23.2 Å². The molecule has 2 fully saturated rings. The molecule has 2 unspecified atom stereocenters. The number of amides is 1. The second kappa shape index (κ2) is 11.5. The molecule has 1 aromatic heterocycles. The average molecular weight is 416 g/mol. The molecule has 9 heteroatoms. The van der Waals surface area contributed by atoms with Crippen LogP contribution in [0.5, 0.6) is 0 Å². The van der Waals surface area contributed by atoms with Crippen LogP contribution in [-0.2, 0) is 4.79 Å². The lowest BCUT2D eigenvalue weighted by atomic mass is 10.0. The van der Waals surface area contributed by atoms with Gasteiger partial charge in [-0.2, -0.15) is 5.26 Å². The van der Waals surface area contributed by atoms with Crippen molar-refractivity contribution in [3.8, 4) is 6.19 Å². The van der Waals surface area contributed by atoms with Crippen LogP contribution in [0.3, 0.4) is 0 Å². The van der Waals surface area contributed by atoms with Gasteiger partial charge in [-0.1, -0.05) is 12.8 Å². The van der Waals surface area contributed by atoms with Gasteiger partial charge in [-0.25, -0.2) is 4.39 Å². The number of unbranched alkanes of at least 4 members (excludes halogenated alkanes) is 2. The first-order valence-corrected chi connectivity index (χ1v) is 10.8. The predicted octanol–water partition coefficient (Wildman–Crippen LogP) is 2.22. The Morgan fingerprint density at radius 2 is 2.30 bits per heavy atom. The van der Waals surface area contributed by atoms with E-state index in [9.17, 15) is 9.18 Å². The van der Waals surface area contributed by atoms with Crippen LogP contribution < -0.4 is 16.0 Å². The molecule has 0 aromatic carbocycles. The molecule has 0 radical (unpaired) electrons. The van der Waals surface area contributed by atoms with Gasteiger partial charge in [-0.15, -0.1) is 4.99 Å². The summed E-state index contributed by atoms with van der Waals surface area (Å²) in [6, 6.07) is 1.52. The first-order valence-electron chi connectivity index (χ1n) is 10.8. The normalized spacial score (nSPS) is 21.5. The molecule has 1 amide bonds. The molecule has 2 aliphatic heterocycles. The molecule has 2 atom stereocenters. The summed E-state index contributed by atoms with van der Waals surface area (Å²) >= 11 is 0. The molecular formula is C21H30FN7O. The Bertz CT molecular complexity index is 773. The van der Waals surface area contributed by atoms with Crippen LogP contribution in [0.2, 0.25) is 0 Å². The Hall–Kier alpha value is -2.73. The van der Waals surface area contributed by atoms with E-state index in [-0.39, 0.29) is 23.6 Å². The topological polar surface area (TPSA) is 105 Å². The average Bonchev–Trinajstić information content (AvgIpc) is 3.44. The lowest BCUT2D eigenvalue weighted by Crippen LogP contribution is -2.42. The Labute approximate surface area is 177 Å². The molecule has 1 aromatic rings. The van der Waals surface area contributed by atoms with E-state index in [1.807, 2.05) is 4.90 Å². The minimum atomic E-state index is -0.502. The number of nitrogens with zero attached hydrogens (tertiary/aromatic N) is 4. The number of halogens is 1. The highest BCUT2D eigenvalue weighted by Crippen LogP contribution is 2.23. The Morgan fingerprint density at radius 3 is 3.07 bits per heavy atom. The number of aliphatic imine (C=N–C) groups is 1. The molecule has 0 saturated carbocycles. The molecule has 0 aliphatic carbocycles. The third-order valence-electron chi connectivity index (χ3n) is 5.72. The second-order valence-electron chi connectivity index (χ2n) is 7.90. The second-order valence-corrected chi connectivity index (χ2v) is 7.90. The number of carbonyl (C=O) groups is 1. The summed E-state index contributed by atoms with van der Waals surface area (Å²) in [6.07, 6.45) is 11.6. The summed E-state index contributed by atoms with van der Waals surface area (Å²) in [7, 11) is 0. The fraction of sp³-hybridized carbons (Fsp3) is 0.619. The maximum absolute atomic E-state index is 13.7. The van der Waals surface area contributed by atoms with Gasteiger partial charge < -0.3 is 20.9 Å². The summed E-state index contributed by atoms with van der Waals surface area (Å²) in [5, 5.41) is 17.9. The molecule has 2 aliphatic rings. The third-order valence-corrected chi connectivity index (χ3v) is 5.72. The van der Waals surface area contributed by atoms with Crippen LogP contribution in [-0.4, -0.2) is 54.0 Å². The Morgan fingerprint density at radius 1 is 1.40 bits per heavy atom. The highest BCUT2D eigenvalue weighted by Gasteiger charge is 2.31. The van der Waals surface area contributed by atoms with Crippen LogP contribution in [0.15, 0.2) is 23.5 Å². The Balaban J connectivity index is 1.29. The van der Waals surface area contributed by atoms with Gasteiger partial charge in [0.1, 0.15) is 0 Å². The van der Waals surface area contributed by atoms with Crippen molar-refractivity contribution < 1.29 is 9.18 Å². The molecule has 30 heavy (non-hydrogen) atoms. The maximum atomic E-state index is 13.7. The number of pyridine rings is 1. The number of hydrogen-bond acceptors (Lipinski definition) is 5. The van der Waals surface area contributed by atoms with E-state index in [0.717, 1.165) is 70.8 Å². The van der Waals surface area contributed by atoms with Gasteiger partial charge in [-0.3, -0.25) is 9.78 Å². The highest BCUT2D eigenvalue weighted by atomic mass is 19.1. The zero-order valence-corrected chi connectivity index (χ0v) is 17.2. The van der Waals surface area contributed by atoms with E-state index in [2.05, 4.69) is 25.9 Å². The number of nitrogens with one attached hydrogen (secondary N) is 3. The van der Waals surface area contributed by atoms with Gasteiger partial charge in [-0.05, 0) is 50.6 Å². The zero-order valence-electron chi connectivity index (χ0n) is 17.2. The lowest BCUT2D eigenvalue weighted by Gasteiger charge is -2.20.